The number of ether oxygens (including phenoxy) is 1. The van der Waals surface area contributed by atoms with Gasteiger partial charge in [-0.3, -0.25) is 9.69 Å². The highest BCUT2D eigenvalue weighted by Gasteiger charge is 2.25. The Bertz CT molecular complexity index is 1050. The minimum absolute atomic E-state index is 0.125. The second-order valence-corrected chi connectivity index (χ2v) is 7.12. The monoisotopic (exact) mass is 413 g/mol. The zero-order valence-electron chi connectivity index (χ0n) is 16.5. The summed E-state index contributed by atoms with van der Waals surface area (Å²) in [7, 11) is 1.43. The molecule has 1 aliphatic heterocycles. The molecule has 1 amide bonds. The third kappa shape index (κ3) is 4.33. The van der Waals surface area contributed by atoms with Crippen molar-refractivity contribution >= 4 is 5.91 Å². The molecule has 0 unspecified atom stereocenters. The Labute approximate surface area is 172 Å². The number of carbonyl (C=O) groups is 1. The molecule has 156 valence electrons. The van der Waals surface area contributed by atoms with Crippen LogP contribution in [0.3, 0.4) is 0 Å². The van der Waals surface area contributed by atoms with Gasteiger partial charge in [0.15, 0.2) is 11.6 Å². The fourth-order valence-corrected chi connectivity index (χ4v) is 3.49. The first kappa shape index (κ1) is 20.0. The Kier molecular flexibility index (Phi) is 5.76. The molecule has 0 radical (unpaired) electrons. The van der Waals surface area contributed by atoms with Gasteiger partial charge in [-0.15, -0.1) is 0 Å². The van der Waals surface area contributed by atoms with Gasteiger partial charge in [0, 0.05) is 44.4 Å². The Morgan fingerprint density at radius 3 is 2.60 bits per heavy atom. The van der Waals surface area contributed by atoms with E-state index in [4.69, 9.17) is 9.26 Å². The quantitative estimate of drug-likeness (QED) is 0.640. The first-order valence-electron chi connectivity index (χ1n) is 9.60. The van der Waals surface area contributed by atoms with Crippen LogP contribution in [0.1, 0.15) is 16.1 Å². The smallest absolute Gasteiger partial charge is 0.292 e. The molecule has 6 nitrogen and oxygen atoms in total. The highest BCUT2D eigenvalue weighted by molar-refractivity contribution is 5.92. The zero-order valence-corrected chi connectivity index (χ0v) is 16.5. The number of nitrogens with zero attached hydrogens (tertiary/aromatic N) is 3. The van der Waals surface area contributed by atoms with E-state index in [0.29, 0.717) is 44.0 Å². The maximum Gasteiger partial charge on any atom is 0.292 e. The van der Waals surface area contributed by atoms with Crippen LogP contribution < -0.4 is 4.74 Å². The molecule has 1 saturated heterocycles. The van der Waals surface area contributed by atoms with Crippen LogP contribution in [0.2, 0.25) is 0 Å². The molecule has 0 N–H and O–H groups in total. The third-order valence-electron chi connectivity index (χ3n) is 5.12. The number of benzene rings is 2. The number of rotatable bonds is 5. The fraction of sp³-hybridized carbons (Fsp3) is 0.273. The van der Waals surface area contributed by atoms with Crippen molar-refractivity contribution in [1.82, 2.24) is 15.0 Å². The Balaban J connectivity index is 1.35. The highest BCUT2D eigenvalue weighted by atomic mass is 19.1. The first-order chi connectivity index (χ1) is 14.5. The summed E-state index contributed by atoms with van der Waals surface area (Å²) in [6.07, 6.45) is 0. The second-order valence-electron chi connectivity index (χ2n) is 7.12. The summed E-state index contributed by atoms with van der Waals surface area (Å²) in [6, 6.07) is 12.4. The lowest BCUT2D eigenvalue weighted by molar-refractivity contribution is 0.0588. The van der Waals surface area contributed by atoms with Gasteiger partial charge in [-0.2, -0.15) is 0 Å². The van der Waals surface area contributed by atoms with E-state index in [-0.39, 0.29) is 29.1 Å². The lowest BCUT2D eigenvalue weighted by Gasteiger charge is -2.34. The van der Waals surface area contributed by atoms with Crippen molar-refractivity contribution in [2.45, 2.75) is 6.54 Å². The van der Waals surface area contributed by atoms with Crippen molar-refractivity contribution in [1.29, 1.82) is 0 Å². The molecule has 4 rings (SSSR count). The Hall–Kier alpha value is -3.26. The first-order valence-corrected chi connectivity index (χ1v) is 9.60. The molecule has 1 aromatic heterocycles. The molecule has 3 aromatic rings. The van der Waals surface area contributed by atoms with Gasteiger partial charge < -0.3 is 14.2 Å². The number of hydrogen-bond donors (Lipinski definition) is 0. The van der Waals surface area contributed by atoms with E-state index < -0.39 is 0 Å². The molecule has 2 aromatic carbocycles. The summed E-state index contributed by atoms with van der Waals surface area (Å²) in [6.45, 7) is 2.95. The number of methoxy groups -OCH3 is 1. The van der Waals surface area contributed by atoms with Crippen LogP contribution >= 0.6 is 0 Å². The fourth-order valence-electron chi connectivity index (χ4n) is 3.49. The summed E-state index contributed by atoms with van der Waals surface area (Å²) in [5.74, 6) is -0.668. The molecular weight excluding hydrogens is 392 g/mol. The van der Waals surface area contributed by atoms with E-state index in [2.05, 4.69) is 10.1 Å². The van der Waals surface area contributed by atoms with E-state index in [0.717, 1.165) is 5.56 Å². The van der Waals surface area contributed by atoms with Gasteiger partial charge in [-0.05, 0) is 29.8 Å². The lowest BCUT2D eigenvalue weighted by Crippen LogP contribution is -2.48. The largest absolute Gasteiger partial charge is 0.494 e. The van der Waals surface area contributed by atoms with Crippen LogP contribution in [0.5, 0.6) is 5.75 Å². The molecule has 0 saturated carbocycles. The third-order valence-corrected chi connectivity index (χ3v) is 5.12. The number of piperazine rings is 1. The van der Waals surface area contributed by atoms with E-state index in [1.807, 2.05) is 6.07 Å². The molecule has 1 fully saturated rings. The standard InChI is InChI=1S/C22H21F2N3O3/c1-29-20-6-5-15(11-18(20)24)14-26-7-9-27(10-8-26)22(28)21-13-19(25-30-21)16-3-2-4-17(23)12-16/h2-6,11-13H,7-10,14H2,1H3. The number of aromatic nitrogens is 1. The zero-order chi connectivity index (χ0) is 21.1. The van der Waals surface area contributed by atoms with Gasteiger partial charge in [0.25, 0.3) is 5.91 Å². The van der Waals surface area contributed by atoms with E-state index in [1.165, 1.54) is 31.4 Å². The lowest BCUT2D eigenvalue weighted by atomic mass is 10.1. The van der Waals surface area contributed by atoms with Gasteiger partial charge in [0.2, 0.25) is 5.76 Å². The van der Waals surface area contributed by atoms with Crippen LogP contribution in [0, 0.1) is 11.6 Å². The number of amides is 1. The topological polar surface area (TPSA) is 58.8 Å². The molecule has 0 spiro atoms. The second kappa shape index (κ2) is 8.62. The predicted octanol–water partition coefficient (Wildman–Crippen LogP) is 3.59. The summed E-state index contributed by atoms with van der Waals surface area (Å²) < 4.78 is 37.4. The van der Waals surface area contributed by atoms with E-state index >= 15 is 0 Å². The van der Waals surface area contributed by atoms with Crippen LogP contribution in [0.25, 0.3) is 11.3 Å². The molecular formula is C22H21F2N3O3. The van der Waals surface area contributed by atoms with Gasteiger partial charge >= 0.3 is 0 Å². The van der Waals surface area contributed by atoms with Crippen LogP contribution in [0.4, 0.5) is 8.78 Å². The van der Waals surface area contributed by atoms with Gasteiger partial charge in [0.05, 0.1) is 7.11 Å². The molecule has 1 aliphatic rings. The maximum absolute atomic E-state index is 13.9. The van der Waals surface area contributed by atoms with Crippen molar-refractivity contribution in [2.75, 3.05) is 33.3 Å². The van der Waals surface area contributed by atoms with Crippen molar-refractivity contribution in [2.24, 2.45) is 0 Å². The summed E-state index contributed by atoms with van der Waals surface area (Å²) >= 11 is 0. The Morgan fingerprint density at radius 1 is 1.10 bits per heavy atom. The van der Waals surface area contributed by atoms with Crippen molar-refractivity contribution in [3.05, 3.63) is 71.5 Å². The van der Waals surface area contributed by atoms with E-state index in [1.54, 1.807) is 23.1 Å². The highest BCUT2D eigenvalue weighted by Crippen LogP contribution is 2.22. The summed E-state index contributed by atoms with van der Waals surface area (Å²) in [5.41, 5.74) is 1.82. The maximum atomic E-state index is 13.9. The van der Waals surface area contributed by atoms with E-state index in [9.17, 15) is 13.6 Å². The Morgan fingerprint density at radius 2 is 1.90 bits per heavy atom. The molecule has 8 heteroatoms. The molecule has 0 atom stereocenters. The average Bonchev–Trinajstić information content (AvgIpc) is 3.24. The van der Waals surface area contributed by atoms with Crippen molar-refractivity contribution in [3.63, 3.8) is 0 Å². The molecule has 0 bridgehead atoms. The predicted molar refractivity (Wildman–Crippen MR) is 106 cm³/mol. The van der Waals surface area contributed by atoms with Crippen molar-refractivity contribution < 1.29 is 22.8 Å². The SMILES string of the molecule is COc1ccc(CN2CCN(C(=O)c3cc(-c4cccc(F)c4)no3)CC2)cc1F. The van der Waals surface area contributed by atoms with Gasteiger partial charge in [0.1, 0.15) is 11.5 Å². The van der Waals surface area contributed by atoms with Crippen LogP contribution in [-0.4, -0.2) is 54.2 Å². The number of hydrogen-bond acceptors (Lipinski definition) is 5. The minimum atomic E-state index is -0.386. The number of halogens is 2. The molecule has 0 aliphatic carbocycles. The molecule has 30 heavy (non-hydrogen) atoms. The van der Waals surface area contributed by atoms with Crippen molar-refractivity contribution in [3.8, 4) is 17.0 Å². The van der Waals surface area contributed by atoms with Crippen LogP contribution in [-0.2, 0) is 6.54 Å². The normalized spacial score (nSPS) is 14.7. The number of carbonyl (C=O) groups excluding carboxylic acids is 1. The summed E-state index contributed by atoms with van der Waals surface area (Å²) in [5, 5.41) is 3.89. The average molecular weight is 413 g/mol. The summed E-state index contributed by atoms with van der Waals surface area (Å²) in [4.78, 5) is 16.6. The molecule has 2 heterocycles. The van der Waals surface area contributed by atoms with Gasteiger partial charge in [-0.1, -0.05) is 23.4 Å². The van der Waals surface area contributed by atoms with Gasteiger partial charge in [-0.25, -0.2) is 8.78 Å². The minimum Gasteiger partial charge on any atom is -0.494 e. The van der Waals surface area contributed by atoms with Crippen LogP contribution in [0.15, 0.2) is 53.1 Å².